The molecule has 0 atom stereocenters. The molecule has 0 saturated carbocycles. The molecule has 7 heteroatoms. The van der Waals surface area contributed by atoms with Crippen LogP contribution in [0.2, 0.25) is 5.02 Å². The van der Waals surface area contributed by atoms with Crippen LogP contribution in [0.25, 0.3) is 11.3 Å². The number of nitrogens with zero attached hydrogens (tertiary/aromatic N) is 1. The summed E-state index contributed by atoms with van der Waals surface area (Å²) in [5.74, 6) is -0.677. The lowest BCUT2D eigenvalue weighted by atomic mass is 10.1. The first-order valence-corrected chi connectivity index (χ1v) is 8.84. The summed E-state index contributed by atoms with van der Waals surface area (Å²) < 4.78 is 5.15. The molecule has 142 valence electrons. The van der Waals surface area contributed by atoms with E-state index in [1.165, 1.54) is 19.2 Å². The van der Waals surface area contributed by atoms with Gasteiger partial charge in [-0.1, -0.05) is 41.9 Å². The van der Waals surface area contributed by atoms with Crippen LogP contribution in [0.3, 0.4) is 0 Å². The first-order chi connectivity index (χ1) is 13.5. The molecule has 0 aliphatic heterocycles. The second-order valence-electron chi connectivity index (χ2n) is 5.95. The molecular weight excluding hydrogens is 378 g/mol. The number of carbonyl (C=O) groups excluding carboxylic acids is 2. The molecule has 0 aliphatic carbocycles. The molecule has 0 saturated heterocycles. The maximum atomic E-state index is 12.4. The Labute approximate surface area is 167 Å². The zero-order chi connectivity index (χ0) is 20.1. The number of amides is 2. The highest BCUT2D eigenvalue weighted by atomic mass is 35.5. The lowest BCUT2D eigenvalue weighted by Crippen LogP contribution is -2.42. The van der Waals surface area contributed by atoms with Crippen LogP contribution in [0.15, 0.2) is 60.7 Å². The van der Waals surface area contributed by atoms with Gasteiger partial charge >= 0.3 is 0 Å². The Morgan fingerprint density at radius 2 is 1.57 bits per heavy atom. The lowest BCUT2D eigenvalue weighted by molar-refractivity contribution is 0.0844. The van der Waals surface area contributed by atoms with Crippen LogP contribution >= 0.6 is 11.6 Å². The molecule has 28 heavy (non-hydrogen) atoms. The van der Waals surface area contributed by atoms with E-state index in [2.05, 4.69) is 15.8 Å². The minimum Gasteiger partial charge on any atom is -0.496 e. The molecule has 0 fully saturated rings. The molecule has 3 rings (SSSR count). The molecule has 1 aromatic heterocycles. The number of methoxy groups -OCH3 is 1. The maximum absolute atomic E-state index is 12.4. The Balaban J connectivity index is 1.71. The van der Waals surface area contributed by atoms with Gasteiger partial charge in [0.2, 0.25) is 0 Å². The number of nitrogens with one attached hydrogen (secondary N) is 2. The molecule has 0 bridgehead atoms. The normalized spacial score (nSPS) is 10.2. The molecule has 3 aromatic rings. The zero-order valence-corrected chi connectivity index (χ0v) is 16.1. The average Bonchev–Trinajstić information content (AvgIpc) is 2.72. The third kappa shape index (κ3) is 4.29. The van der Waals surface area contributed by atoms with Crippen molar-refractivity contribution in [1.29, 1.82) is 0 Å². The van der Waals surface area contributed by atoms with Gasteiger partial charge in [0.05, 0.1) is 29.6 Å². The number of halogens is 1. The molecule has 0 unspecified atom stereocenters. The van der Waals surface area contributed by atoms with E-state index in [1.807, 2.05) is 30.3 Å². The quantitative estimate of drug-likeness (QED) is 0.658. The van der Waals surface area contributed by atoms with Crippen molar-refractivity contribution in [3.05, 3.63) is 82.5 Å². The largest absolute Gasteiger partial charge is 0.496 e. The van der Waals surface area contributed by atoms with Crippen LogP contribution in [-0.2, 0) is 0 Å². The van der Waals surface area contributed by atoms with Crippen molar-refractivity contribution in [2.75, 3.05) is 7.11 Å². The van der Waals surface area contributed by atoms with Gasteiger partial charge in [-0.3, -0.25) is 25.4 Å². The van der Waals surface area contributed by atoms with Gasteiger partial charge in [0.1, 0.15) is 5.75 Å². The summed E-state index contributed by atoms with van der Waals surface area (Å²) in [4.78, 5) is 29.2. The Bertz CT molecular complexity index is 1020. The van der Waals surface area contributed by atoms with E-state index >= 15 is 0 Å². The summed E-state index contributed by atoms with van der Waals surface area (Å²) in [6.07, 6.45) is 0. The van der Waals surface area contributed by atoms with Crippen molar-refractivity contribution >= 4 is 23.4 Å². The first-order valence-electron chi connectivity index (χ1n) is 8.47. The fourth-order valence-electron chi connectivity index (χ4n) is 2.67. The molecule has 6 nitrogen and oxygen atoms in total. The predicted molar refractivity (Wildman–Crippen MR) is 107 cm³/mol. The molecule has 2 N–H and O–H groups in total. The predicted octanol–water partition coefficient (Wildman–Crippen LogP) is 3.79. The minimum absolute atomic E-state index is 0.251. The van der Waals surface area contributed by atoms with Gasteiger partial charge in [-0.2, -0.15) is 0 Å². The second kappa shape index (κ2) is 8.54. The second-order valence-corrected chi connectivity index (χ2v) is 6.38. The van der Waals surface area contributed by atoms with Gasteiger partial charge in [0.15, 0.2) is 0 Å². The van der Waals surface area contributed by atoms with Crippen molar-refractivity contribution in [2.45, 2.75) is 6.92 Å². The number of aromatic nitrogens is 1. The monoisotopic (exact) mass is 395 g/mol. The van der Waals surface area contributed by atoms with Gasteiger partial charge in [-0.05, 0) is 37.3 Å². The van der Waals surface area contributed by atoms with E-state index in [0.29, 0.717) is 22.0 Å². The van der Waals surface area contributed by atoms with Crippen molar-refractivity contribution < 1.29 is 14.3 Å². The number of pyridine rings is 1. The maximum Gasteiger partial charge on any atom is 0.273 e. The smallest absolute Gasteiger partial charge is 0.273 e. The molecule has 0 aliphatic rings. The first kappa shape index (κ1) is 19.4. The molecule has 0 spiro atoms. The highest BCUT2D eigenvalue weighted by Crippen LogP contribution is 2.23. The number of hydrazine groups is 1. The lowest BCUT2D eigenvalue weighted by Gasteiger charge is -2.12. The van der Waals surface area contributed by atoms with Crippen molar-refractivity contribution in [2.24, 2.45) is 0 Å². The summed E-state index contributed by atoms with van der Waals surface area (Å²) in [5, 5.41) is 0.442. The van der Waals surface area contributed by atoms with Gasteiger partial charge in [0, 0.05) is 10.6 Å². The summed E-state index contributed by atoms with van der Waals surface area (Å²) in [5.41, 5.74) is 7.67. The third-order valence-electron chi connectivity index (χ3n) is 4.10. The van der Waals surface area contributed by atoms with Crippen LogP contribution in [0.5, 0.6) is 5.75 Å². The number of rotatable bonds is 4. The van der Waals surface area contributed by atoms with E-state index in [4.69, 9.17) is 16.3 Å². The van der Waals surface area contributed by atoms with Crippen LogP contribution in [0, 0.1) is 6.92 Å². The van der Waals surface area contributed by atoms with Gasteiger partial charge in [0.25, 0.3) is 11.8 Å². The molecule has 2 amide bonds. The van der Waals surface area contributed by atoms with Gasteiger partial charge in [-0.15, -0.1) is 0 Å². The van der Waals surface area contributed by atoms with Crippen molar-refractivity contribution in [1.82, 2.24) is 15.8 Å². The number of ether oxygens (including phenoxy) is 1. The summed E-state index contributed by atoms with van der Waals surface area (Å²) in [6.45, 7) is 1.74. The Kier molecular flexibility index (Phi) is 5.91. The number of hydrogen-bond acceptors (Lipinski definition) is 4. The molecule has 2 aromatic carbocycles. The standard InChI is InChI=1S/C21H18ClN3O3/c1-13-16(10-11-18(23-13)14-6-4-3-5-7-14)20(26)24-25-21(27)17-9-8-15(22)12-19(17)28-2/h3-12H,1-2H3,(H,24,26)(H,25,27). The van der Waals surface area contributed by atoms with E-state index in [-0.39, 0.29) is 5.56 Å². The molecule has 0 radical (unpaired) electrons. The van der Waals surface area contributed by atoms with Gasteiger partial charge in [-0.25, -0.2) is 0 Å². The Morgan fingerprint density at radius 3 is 2.21 bits per heavy atom. The summed E-state index contributed by atoms with van der Waals surface area (Å²) in [6, 6.07) is 17.7. The number of hydrogen-bond donors (Lipinski definition) is 2. The van der Waals surface area contributed by atoms with Crippen LogP contribution in [0.1, 0.15) is 26.4 Å². The average molecular weight is 396 g/mol. The number of aryl methyl sites for hydroxylation is 1. The van der Waals surface area contributed by atoms with E-state index < -0.39 is 11.8 Å². The number of carbonyl (C=O) groups is 2. The SMILES string of the molecule is COc1cc(Cl)ccc1C(=O)NNC(=O)c1ccc(-c2ccccc2)nc1C. The topological polar surface area (TPSA) is 80.3 Å². The zero-order valence-electron chi connectivity index (χ0n) is 15.3. The highest BCUT2D eigenvalue weighted by molar-refractivity contribution is 6.30. The Hall–Kier alpha value is -3.38. The summed E-state index contributed by atoms with van der Waals surface area (Å²) >= 11 is 5.89. The van der Waals surface area contributed by atoms with E-state index in [9.17, 15) is 9.59 Å². The van der Waals surface area contributed by atoms with E-state index in [0.717, 1.165) is 11.3 Å². The van der Waals surface area contributed by atoms with Crippen molar-refractivity contribution in [3.63, 3.8) is 0 Å². The molecular formula is C21H18ClN3O3. The third-order valence-corrected chi connectivity index (χ3v) is 4.33. The van der Waals surface area contributed by atoms with Crippen LogP contribution in [0.4, 0.5) is 0 Å². The van der Waals surface area contributed by atoms with E-state index in [1.54, 1.807) is 25.1 Å². The van der Waals surface area contributed by atoms with Gasteiger partial charge < -0.3 is 4.74 Å². The number of benzene rings is 2. The minimum atomic E-state index is -0.520. The fraction of sp³-hybridized carbons (Fsp3) is 0.0952. The Morgan fingerprint density at radius 1 is 0.929 bits per heavy atom. The highest BCUT2D eigenvalue weighted by Gasteiger charge is 2.16. The van der Waals surface area contributed by atoms with Crippen LogP contribution < -0.4 is 15.6 Å². The molecule has 1 heterocycles. The van der Waals surface area contributed by atoms with Crippen molar-refractivity contribution in [3.8, 4) is 17.0 Å². The van der Waals surface area contributed by atoms with Crippen LogP contribution in [-0.4, -0.2) is 23.9 Å². The fourth-order valence-corrected chi connectivity index (χ4v) is 2.83. The summed E-state index contributed by atoms with van der Waals surface area (Å²) in [7, 11) is 1.43.